The molecule has 1 aromatic rings. The molecule has 0 radical (unpaired) electrons. The zero-order valence-corrected chi connectivity index (χ0v) is 12.0. The summed E-state index contributed by atoms with van der Waals surface area (Å²) in [4.78, 5) is -0.266. The van der Waals surface area contributed by atoms with Gasteiger partial charge in [-0.25, -0.2) is 12.8 Å². The second kappa shape index (κ2) is 6.13. The van der Waals surface area contributed by atoms with Gasteiger partial charge in [-0.1, -0.05) is 26.8 Å². The van der Waals surface area contributed by atoms with Gasteiger partial charge >= 0.3 is 0 Å². The molecule has 0 aliphatic heterocycles. The Balaban J connectivity index is 3.35. The molecule has 104 valence electrons. The van der Waals surface area contributed by atoms with E-state index in [-0.39, 0.29) is 17.4 Å². The summed E-state index contributed by atoms with van der Waals surface area (Å²) in [6.45, 7) is 6.12. The van der Waals surface area contributed by atoms with E-state index in [1.807, 2.05) is 13.8 Å². The zero-order chi connectivity index (χ0) is 14.6. The highest BCUT2D eigenvalue weighted by Gasteiger charge is 2.27. The Hall–Kier alpha value is -1.45. The molecular formula is C13H17FN2O2S. The van der Waals surface area contributed by atoms with Crippen molar-refractivity contribution >= 4 is 10.0 Å². The first-order valence-electron chi connectivity index (χ1n) is 6.03. The molecule has 0 unspecified atom stereocenters. The molecule has 0 atom stereocenters. The van der Waals surface area contributed by atoms with E-state index in [2.05, 4.69) is 0 Å². The van der Waals surface area contributed by atoms with Crippen LogP contribution in [0.5, 0.6) is 0 Å². The summed E-state index contributed by atoms with van der Waals surface area (Å²) < 4.78 is 39.6. The van der Waals surface area contributed by atoms with Crippen LogP contribution >= 0.6 is 0 Å². The van der Waals surface area contributed by atoms with Crippen molar-refractivity contribution < 1.29 is 12.8 Å². The van der Waals surface area contributed by atoms with Crippen LogP contribution in [0.15, 0.2) is 23.1 Å². The number of halogens is 1. The fourth-order valence-corrected chi connectivity index (χ4v) is 3.54. The summed E-state index contributed by atoms with van der Waals surface area (Å²) in [5.74, 6) is -0.669. The van der Waals surface area contributed by atoms with E-state index >= 15 is 0 Å². The molecule has 6 heteroatoms. The Morgan fingerprint density at radius 1 is 1.42 bits per heavy atom. The fraction of sp³-hybridized carbons (Fsp3) is 0.462. The van der Waals surface area contributed by atoms with Crippen LogP contribution in [-0.4, -0.2) is 25.8 Å². The Morgan fingerprint density at radius 2 is 2.05 bits per heavy atom. The van der Waals surface area contributed by atoms with Crippen LogP contribution in [-0.2, 0) is 10.0 Å². The summed E-state index contributed by atoms with van der Waals surface area (Å²) in [5, 5.41) is 8.93. The third-order valence-electron chi connectivity index (χ3n) is 2.63. The van der Waals surface area contributed by atoms with Gasteiger partial charge in [0.1, 0.15) is 22.3 Å². The van der Waals surface area contributed by atoms with E-state index in [0.29, 0.717) is 6.54 Å². The maximum Gasteiger partial charge on any atom is 0.244 e. The Morgan fingerprint density at radius 3 is 2.53 bits per heavy atom. The molecule has 0 fully saturated rings. The molecule has 0 aliphatic carbocycles. The lowest BCUT2D eigenvalue weighted by Gasteiger charge is -2.22. The maximum absolute atomic E-state index is 13.5. The quantitative estimate of drug-likeness (QED) is 0.834. The monoisotopic (exact) mass is 284 g/mol. The van der Waals surface area contributed by atoms with Crippen LogP contribution < -0.4 is 0 Å². The molecule has 0 saturated heterocycles. The average molecular weight is 284 g/mol. The number of benzene rings is 1. The minimum Gasteiger partial charge on any atom is -0.207 e. The normalized spacial score (nSPS) is 11.8. The molecule has 4 nitrogen and oxygen atoms in total. The number of hydrogen-bond donors (Lipinski definition) is 0. The SMILES string of the molecule is CCN(CC(C)C)S(=O)(=O)c1cccc(F)c1C#N. The van der Waals surface area contributed by atoms with Gasteiger partial charge in [0.15, 0.2) is 0 Å². The predicted octanol–water partition coefficient (Wildman–Crippen LogP) is 2.36. The van der Waals surface area contributed by atoms with Crippen LogP contribution in [0.25, 0.3) is 0 Å². The first kappa shape index (κ1) is 15.6. The molecule has 1 aromatic carbocycles. The molecule has 0 aromatic heterocycles. The van der Waals surface area contributed by atoms with E-state index in [1.165, 1.54) is 16.4 Å². The molecule has 19 heavy (non-hydrogen) atoms. The van der Waals surface area contributed by atoms with Crippen LogP contribution in [0, 0.1) is 23.1 Å². The average Bonchev–Trinajstić information content (AvgIpc) is 2.35. The van der Waals surface area contributed by atoms with Crippen molar-refractivity contribution in [2.24, 2.45) is 5.92 Å². The zero-order valence-electron chi connectivity index (χ0n) is 11.2. The third-order valence-corrected chi connectivity index (χ3v) is 4.61. The van der Waals surface area contributed by atoms with E-state index in [9.17, 15) is 12.8 Å². The van der Waals surface area contributed by atoms with Crippen molar-refractivity contribution in [3.8, 4) is 6.07 Å². The smallest absolute Gasteiger partial charge is 0.207 e. The summed E-state index contributed by atoms with van der Waals surface area (Å²) >= 11 is 0. The third kappa shape index (κ3) is 3.31. The molecular weight excluding hydrogens is 267 g/mol. The Bertz CT molecular complexity index is 591. The summed E-state index contributed by atoms with van der Waals surface area (Å²) in [6.07, 6.45) is 0. The first-order chi connectivity index (χ1) is 8.84. The van der Waals surface area contributed by atoms with Gasteiger partial charge < -0.3 is 0 Å². The van der Waals surface area contributed by atoms with Crippen molar-refractivity contribution in [3.63, 3.8) is 0 Å². The standard InChI is InChI=1S/C13H17FN2O2S/c1-4-16(9-10(2)3)19(17,18)13-7-5-6-12(14)11(13)8-15/h5-7,10H,4,9H2,1-3H3. The van der Waals surface area contributed by atoms with E-state index < -0.39 is 21.4 Å². The lowest BCUT2D eigenvalue weighted by molar-refractivity contribution is 0.380. The molecule has 0 bridgehead atoms. The first-order valence-corrected chi connectivity index (χ1v) is 7.47. The largest absolute Gasteiger partial charge is 0.244 e. The van der Waals surface area contributed by atoms with Crippen molar-refractivity contribution in [3.05, 3.63) is 29.6 Å². The maximum atomic E-state index is 13.5. The van der Waals surface area contributed by atoms with Crippen molar-refractivity contribution in [2.75, 3.05) is 13.1 Å². The van der Waals surface area contributed by atoms with Crippen LogP contribution in [0.1, 0.15) is 26.3 Å². The molecule has 0 heterocycles. The minimum atomic E-state index is -3.84. The second-order valence-corrected chi connectivity index (χ2v) is 6.48. The summed E-state index contributed by atoms with van der Waals surface area (Å²) in [7, 11) is -3.84. The van der Waals surface area contributed by atoms with E-state index in [4.69, 9.17) is 5.26 Å². The van der Waals surface area contributed by atoms with E-state index in [1.54, 1.807) is 13.0 Å². The number of sulfonamides is 1. The number of rotatable bonds is 5. The van der Waals surface area contributed by atoms with Crippen LogP contribution in [0.2, 0.25) is 0 Å². The molecule has 1 rings (SSSR count). The highest BCUT2D eigenvalue weighted by molar-refractivity contribution is 7.89. The number of nitrogens with zero attached hydrogens (tertiary/aromatic N) is 2. The van der Waals surface area contributed by atoms with Crippen LogP contribution in [0.3, 0.4) is 0 Å². The Kier molecular flexibility index (Phi) is 5.04. The molecule has 0 aliphatic rings. The minimum absolute atomic E-state index is 0.147. The number of hydrogen-bond acceptors (Lipinski definition) is 3. The second-order valence-electron chi connectivity index (χ2n) is 4.57. The van der Waals surface area contributed by atoms with Gasteiger partial charge in [0.2, 0.25) is 10.0 Å². The fourth-order valence-electron chi connectivity index (χ4n) is 1.77. The van der Waals surface area contributed by atoms with Gasteiger partial charge in [0, 0.05) is 13.1 Å². The van der Waals surface area contributed by atoms with Crippen LogP contribution in [0.4, 0.5) is 4.39 Å². The van der Waals surface area contributed by atoms with Crippen molar-refractivity contribution in [2.45, 2.75) is 25.7 Å². The van der Waals surface area contributed by atoms with Crippen molar-refractivity contribution in [1.82, 2.24) is 4.31 Å². The van der Waals surface area contributed by atoms with Gasteiger partial charge in [-0.15, -0.1) is 0 Å². The molecule has 0 spiro atoms. The predicted molar refractivity (Wildman–Crippen MR) is 70.4 cm³/mol. The highest BCUT2D eigenvalue weighted by atomic mass is 32.2. The Labute approximate surface area is 113 Å². The van der Waals surface area contributed by atoms with Crippen molar-refractivity contribution in [1.29, 1.82) is 5.26 Å². The molecule has 0 amide bonds. The van der Waals surface area contributed by atoms with Gasteiger partial charge in [0.05, 0.1) is 0 Å². The summed E-state index contributed by atoms with van der Waals surface area (Å²) in [6, 6.07) is 5.26. The summed E-state index contributed by atoms with van der Waals surface area (Å²) in [5.41, 5.74) is -0.426. The molecule has 0 saturated carbocycles. The lowest BCUT2D eigenvalue weighted by atomic mass is 10.2. The lowest BCUT2D eigenvalue weighted by Crippen LogP contribution is -2.34. The van der Waals surface area contributed by atoms with Gasteiger partial charge in [-0.3, -0.25) is 0 Å². The van der Waals surface area contributed by atoms with E-state index in [0.717, 1.165) is 6.07 Å². The number of nitriles is 1. The van der Waals surface area contributed by atoms with Gasteiger partial charge in [0.25, 0.3) is 0 Å². The topological polar surface area (TPSA) is 61.2 Å². The highest BCUT2D eigenvalue weighted by Crippen LogP contribution is 2.22. The van der Waals surface area contributed by atoms with Gasteiger partial charge in [-0.05, 0) is 18.1 Å². The molecule has 0 N–H and O–H groups in total. The van der Waals surface area contributed by atoms with Gasteiger partial charge in [-0.2, -0.15) is 9.57 Å².